The van der Waals surface area contributed by atoms with E-state index in [1.54, 1.807) is 67.8 Å². The predicted octanol–water partition coefficient (Wildman–Crippen LogP) is 6.02. The van der Waals surface area contributed by atoms with E-state index < -0.39 is 11.8 Å². The molecule has 0 aliphatic heterocycles. The Bertz CT molecular complexity index is 1830. The molecule has 10 heteroatoms. The molecule has 0 fully saturated rings. The van der Waals surface area contributed by atoms with Crippen molar-refractivity contribution in [1.82, 2.24) is 14.5 Å². The molecule has 218 valence electrons. The third-order valence-corrected chi connectivity index (χ3v) is 6.89. The van der Waals surface area contributed by atoms with Crippen LogP contribution in [0.1, 0.15) is 39.8 Å². The van der Waals surface area contributed by atoms with Crippen molar-refractivity contribution >= 4 is 17.0 Å². The quantitative estimate of drug-likeness (QED) is 0.190. The highest BCUT2D eigenvalue weighted by Gasteiger charge is 2.16. The van der Waals surface area contributed by atoms with Gasteiger partial charge in [-0.2, -0.15) is 5.26 Å². The zero-order valence-electron chi connectivity index (χ0n) is 23.7. The number of ether oxygens (including phenoxy) is 3. The summed E-state index contributed by atoms with van der Waals surface area (Å²) in [6.45, 7) is 3.33. The summed E-state index contributed by atoms with van der Waals surface area (Å²) < 4.78 is 34.1. The van der Waals surface area contributed by atoms with Gasteiger partial charge in [-0.25, -0.2) is 19.2 Å². The number of rotatable bonds is 12. The molecule has 0 radical (unpaired) electrons. The lowest BCUT2D eigenvalue weighted by Crippen LogP contribution is -2.10. The van der Waals surface area contributed by atoms with Gasteiger partial charge >= 0.3 is 5.97 Å². The smallest absolute Gasteiger partial charge is 0.335 e. The fourth-order valence-electron chi connectivity index (χ4n) is 4.73. The Balaban J connectivity index is 1.36. The van der Waals surface area contributed by atoms with Crippen molar-refractivity contribution in [3.8, 4) is 29.0 Å². The molecule has 2 heterocycles. The fraction of sp³-hybridized carbons (Fsp3) is 0.212. The topological polar surface area (TPSA) is 119 Å². The number of nitriles is 1. The number of nitrogens with zero attached hydrogens (tertiary/aromatic N) is 4. The second-order valence-corrected chi connectivity index (χ2v) is 9.68. The number of aromatic carboxylic acids is 1. The summed E-state index contributed by atoms with van der Waals surface area (Å²) >= 11 is 0. The molecular weight excluding hydrogens is 551 g/mol. The second-order valence-electron chi connectivity index (χ2n) is 9.68. The third-order valence-electron chi connectivity index (χ3n) is 6.89. The molecule has 0 aliphatic carbocycles. The maximum atomic E-state index is 15.4. The maximum absolute atomic E-state index is 15.4. The minimum absolute atomic E-state index is 0.151. The Morgan fingerprint density at radius 2 is 1.86 bits per heavy atom. The summed E-state index contributed by atoms with van der Waals surface area (Å²) in [4.78, 5) is 20.7. The molecule has 43 heavy (non-hydrogen) atoms. The van der Waals surface area contributed by atoms with Gasteiger partial charge < -0.3 is 23.9 Å². The van der Waals surface area contributed by atoms with Crippen LogP contribution in [0.3, 0.4) is 0 Å². The first-order chi connectivity index (χ1) is 20.9. The van der Waals surface area contributed by atoms with Crippen molar-refractivity contribution in [2.75, 3.05) is 20.3 Å². The number of pyridine rings is 1. The van der Waals surface area contributed by atoms with Crippen molar-refractivity contribution in [2.45, 2.75) is 26.5 Å². The van der Waals surface area contributed by atoms with Gasteiger partial charge in [0.1, 0.15) is 24.0 Å². The number of hydrogen-bond acceptors (Lipinski definition) is 7. The summed E-state index contributed by atoms with van der Waals surface area (Å²) in [7, 11) is 1.58. The molecule has 0 unspecified atom stereocenters. The Morgan fingerprint density at radius 3 is 2.60 bits per heavy atom. The van der Waals surface area contributed by atoms with Gasteiger partial charge in [-0.15, -0.1) is 0 Å². The zero-order chi connectivity index (χ0) is 30.3. The molecular formula is C33H29FN4O5. The number of benzene rings is 3. The molecule has 1 N–H and O–H groups in total. The van der Waals surface area contributed by atoms with Crippen LogP contribution in [0.2, 0.25) is 0 Å². The Morgan fingerprint density at radius 1 is 1.02 bits per heavy atom. The Hall–Kier alpha value is -5.27. The van der Waals surface area contributed by atoms with E-state index in [0.29, 0.717) is 70.6 Å². The van der Waals surface area contributed by atoms with Crippen molar-refractivity contribution < 1.29 is 28.5 Å². The number of imidazole rings is 1. The van der Waals surface area contributed by atoms with Crippen LogP contribution in [0.25, 0.3) is 22.3 Å². The minimum atomic E-state index is -1.03. The first kappa shape index (κ1) is 29.2. The normalized spacial score (nSPS) is 10.9. The standard InChI is InChI=1S/C33H29FN4O5/c1-3-42-30-15-21(19-35)7-8-25(30)20-43-32-6-4-5-27(37-32)23-10-9-22(26(34)16-23)18-31-36-28-12-11-24(33(39)40)17-29(28)38(31)13-14-41-2/h4-12,15-17H,3,13-14,18,20H2,1-2H3,(H,39,40). The molecule has 0 aliphatic rings. The summed E-state index contributed by atoms with van der Waals surface area (Å²) in [5, 5.41) is 18.6. The molecule has 9 nitrogen and oxygen atoms in total. The number of carboxylic acids is 1. The van der Waals surface area contributed by atoms with Crippen LogP contribution in [-0.4, -0.2) is 45.9 Å². The minimum Gasteiger partial charge on any atom is -0.493 e. The molecule has 0 amide bonds. The van der Waals surface area contributed by atoms with Crippen LogP contribution < -0.4 is 9.47 Å². The van der Waals surface area contributed by atoms with Gasteiger partial charge in [0.2, 0.25) is 5.88 Å². The maximum Gasteiger partial charge on any atom is 0.335 e. The predicted molar refractivity (Wildman–Crippen MR) is 158 cm³/mol. The van der Waals surface area contributed by atoms with Gasteiger partial charge in [0.05, 0.1) is 47.1 Å². The van der Waals surface area contributed by atoms with E-state index in [0.717, 1.165) is 5.56 Å². The van der Waals surface area contributed by atoms with Crippen LogP contribution in [0.15, 0.2) is 72.8 Å². The Kier molecular flexibility index (Phi) is 8.93. The van der Waals surface area contributed by atoms with Crippen molar-refractivity contribution in [3.63, 3.8) is 0 Å². The largest absolute Gasteiger partial charge is 0.493 e. The Labute approximate surface area is 247 Å². The molecule has 0 atom stereocenters. The second kappa shape index (κ2) is 13.1. The van der Waals surface area contributed by atoms with E-state index in [2.05, 4.69) is 16.0 Å². The van der Waals surface area contributed by atoms with Gasteiger partial charge in [0.25, 0.3) is 0 Å². The number of hydrogen-bond donors (Lipinski definition) is 1. The van der Waals surface area contributed by atoms with Crippen LogP contribution in [0.4, 0.5) is 4.39 Å². The number of fused-ring (bicyclic) bond motifs is 1. The third kappa shape index (κ3) is 6.63. The van der Waals surface area contributed by atoms with Crippen molar-refractivity contribution in [3.05, 3.63) is 107 Å². The number of methoxy groups -OCH3 is 1. The van der Waals surface area contributed by atoms with Gasteiger partial charge in [0.15, 0.2) is 0 Å². The monoisotopic (exact) mass is 580 g/mol. The van der Waals surface area contributed by atoms with E-state index >= 15 is 4.39 Å². The highest BCUT2D eigenvalue weighted by atomic mass is 19.1. The van der Waals surface area contributed by atoms with Crippen LogP contribution in [-0.2, 0) is 24.3 Å². The molecule has 2 aromatic heterocycles. The van der Waals surface area contributed by atoms with E-state index in [4.69, 9.17) is 14.2 Å². The number of carbonyl (C=O) groups is 1. The molecule has 5 rings (SSSR count). The highest BCUT2D eigenvalue weighted by Crippen LogP contribution is 2.27. The van der Waals surface area contributed by atoms with Crippen molar-refractivity contribution in [2.24, 2.45) is 0 Å². The lowest BCUT2D eigenvalue weighted by molar-refractivity contribution is 0.0697. The lowest BCUT2D eigenvalue weighted by atomic mass is 10.1. The molecule has 0 saturated carbocycles. The number of aromatic nitrogens is 3. The van der Waals surface area contributed by atoms with E-state index in [9.17, 15) is 15.2 Å². The van der Waals surface area contributed by atoms with E-state index in [1.165, 1.54) is 12.1 Å². The summed E-state index contributed by atoms with van der Waals surface area (Å²) in [5.74, 6) is 0.0945. The molecule has 5 aromatic rings. The molecule has 3 aromatic carbocycles. The van der Waals surface area contributed by atoms with Gasteiger partial charge in [-0.3, -0.25) is 0 Å². The van der Waals surface area contributed by atoms with Crippen LogP contribution >= 0.6 is 0 Å². The van der Waals surface area contributed by atoms with E-state index in [1.807, 2.05) is 11.5 Å². The van der Waals surface area contributed by atoms with E-state index in [-0.39, 0.29) is 18.6 Å². The molecule has 0 saturated heterocycles. The first-order valence-corrected chi connectivity index (χ1v) is 13.7. The SMILES string of the molecule is CCOc1cc(C#N)ccc1COc1cccc(-c2ccc(Cc3nc4ccc(C(=O)O)cc4n3CCOC)c(F)c2)n1. The van der Waals surface area contributed by atoms with Gasteiger partial charge in [-0.1, -0.05) is 24.3 Å². The van der Waals surface area contributed by atoms with Crippen LogP contribution in [0, 0.1) is 17.1 Å². The summed E-state index contributed by atoms with van der Waals surface area (Å²) in [5.41, 5.74) is 4.27. The van der Waals surface area contributed by atoms with Crippen molar-refractivity contribution in [1.29, 1.82) is 5.26 Å². The number of halogens is 1. The highest BCUT2D eigenvalue weighted by molar-refractivity contribution is 5.92. The zero-order valence-corrected chi connectivity index (χ0v) is 23.7. The molecule has 0 spiro atoms. The first-order valence-electron chi connectivity index (χ1n) is 13.7. The van der Waals surface area contributed by atoms with Crippen LogP contribution in [0.5, 0.6) is 11.6 Å². The lowest BCUT2D eigenvalue weighted by Gasteiger charge is -2.12. The summed E-state index contributed by atoms with van der Waals surface area (Å²) in [6, 6.07) is 22.2. The van der Waals surface area contributed by atoms with Gasteiger partial charge in [-0.05, 0) is 55.0 Å². The average Bonchev–Trinajstić information content (AvgIpc) is 3.36. The average molecular weight is 581 g/mol. The molecule has 0 bridgehead atoms. The fourth-order valence-corrected chi connectivity index (χ4v) is 4.73. The number of carboxylic acid groups (broad SMARTS) is 1. The summed E-state index contributed by atoms with van der Waals surface area (Å²) in [6.07, 6.45) is 0.205. The van der Waals surface area contributed by atoms with Gasteiger partial charge in [0, 0.05) is 37.3 Å².